The molecule has 1 aliphatic carbocycles. The Hall–Kier alpha value is -2.50. The van der Waals surface area contributed by atoms with Gasteiger partial charge in [-0.25, -0.2) is 4.79 Å². The molecule has 1 aromatic rings. The summed E-state index contributed by atoms with van der Waals surface area (Å²) in [7, 11) is 0. The van der Waals surface area contributed by atoms with Crippen LogP contribution in [0.1, 0.15) is 44.6 Å². The maximum absolute atomic E-state index is 12.1. The van der Waals surface area contributed by atoms with Gasteiger partial charge in [-0.1, -0.05) is 18.9 Å². The number of hydrogen-bond acceptors (Lipinski definition) is 5. The summed E-state index contributed by atoms with van der Waals surface area (Å²) in [6.07, 6.45) is 7.25. The Morgan fingerprint density at radius 3 is 2.65 bits per heavy atom. The van der Waals surface area contributed by atoms with Crippen LogP contribution in [0.25, 0.3) is 6.08 Å². The summed E-state index contributed by atoms with van der Waals surface area (Å²) in [4.78, 5) is 24.0. The molecule has 2 aliphatic rings. The van der Waals surface area contributed by atoms with E-state index >= 15 is 0 Å². The molecule has 0 spiro atoms. The largest absolute Gasteiger partial charge is 0.490 e. The number of carbonyl (C=O) groups excluding carboxylic acids is 2. The Bertz CT molecular complexity index is 679. The summed E-state index contributed by atoms with van der Waals surface area (Å²) < 4.78 is 16.4. The predicted octanol–water partition coefficient (Wildman–Crippen LogP) is 2.85. The van der Waals surface area contributed by atoms with Crippen LogP contribution in [-0.4, -0.2) is 37.2 Å². The van der Waals surface area contributed by atoms with Gasteiger partial charge in [-0.15, -0.1) is 0 Å². The Labute approximate surface area is 153 Å². The van der Waals surface area contributed by atoms with E-state index < -0.39 is 12.1 Å². The Kier molecular flexibility index (Phi) is 6.15. The van der Waals surface area contributed by atoms with Gasteiger partial charge < -0.3 is 19.5 Å². The number of nitrogens with one attached hydrogen (secondary N) is 1. The fraction of sp³-hybridized carbons (Fsp3) is 0.500. The maximum atomic E-state index is 12.1. The van der Waals surface area contributed by atoms with Crippen molar-refractivity contribution in [3.8, 4) is 11.5 Å². The molecule has 1 atom stereocenters. The van der Waals surface area contributed by atoms with Gasteiger partial charge >= 0.3 is 5.97 Å². The molecule has 0 radical (unpaired) electrons. The Morgan fingerprint density at radius 1 is 1.15 bits per heavy atom. The van der Waals surface area contributed by atoms with Crippen molar-refractivity contribution in [2.45, 2.75) is 51.2 Å². The Balaban J connectivity index is 1.52. The number of benzene rings is 1. The lowest BCUT2D eigenvalue weighted by atomic mass is 10.2. The van der Waals surface area contributed by atoms with Gasteiger partial charge in [-0.3, -0.25) is 4.79 Å². The van der Waals surface area contributed by atoms with Gasteiger partial charge in [0.25, 0.3) is 5.91 Å². The van der Waals surface area contributed by atoms with Crippen LogP contribution in [0.3, 0.4) is 0 Å². The summed E-state index contributed by atoms with van der Waals surface area (Å²) in [5, 5.41) is 2.93. The van der Waals surface area contributed by atoms with Crippen LogP contribution in [0.5, 0.6) is 11.5 Å². The number of hydrogen-bond donors (Lipinski definition) is 1. The van der Waals surface area contributed by atoms with Gasteiger partial charge in [0.2, 0.25) is 0 Å². The molecule has 26 heavy (non-hydrogen) atoms. The van der Waals surface area contributed by atoms with E-state index in [0.717, 1.165) is 37.7 Å². The molecule has 0 bridgehead atoms. The van der Waals surface area contributed by atoms with E-state index in [9.17, 15) is 9.59 Å². The van der Waals surface area contributed by atoms with Crippen LogP contribution in [0.4, 0.5) is 0 Å². The number of esters is 1. The SMILES string of the molecule is C[C@@H](OC(=O)/C=C/c1ccc2c(c1)OCCCO2)C(=O)NC1CCCC1. The van der Waals surface area contributed by atoms with E-state index in [4.69, 9.17) is 14.2 Å². The minimum atomic E-state index is -0.809. The molecule has 140 valence electrons. The number of rotatable bonds is 5. The molecule has 1 amide bonds. The molecule has 6 nitrogen and oxygen atoms in total. The molecule has 1 aliphatic heterocycles. The number of carbonyl (C=O) groups is 2. The fourth-order valence-electron chi connectivity index (χ4n) is 3.10. The summed E-state index contributed by atoms with van der Waals surface area (Å²) in [5.41, 5.74) is 0.800. The summed E-state index contributed by atoms with van der Waals surface area (Å²) in [6, 6.07) is 5.69. The Morgan fingerprint density at radius 2 is 1.88 bits per heavy atom. The summed E-state index contributed by atoms with van der Waals surface area (Å²) in [6.45, 7) is 2.83. The highest BCUT2D eigenvalue weighted by molar-refractivity contribution is 5.90. The van der Waals surface area contributed by atoms with Crippen molar-refractivity contribution in [3.05, 3.63) is 29.8 Å². The smallest absolute Gasteiger partial charge is 0.331 e. The highest BCUT2D eigenvalue weighted by Gasteiger charge is 2.22. The molecule has 0 unspecified atom stereocenters. The lowest BCUT2D eigenvalue weighted by Crippen LogP contribution is -2.40. The third-order valence-corrected chi connectivity index (χ3v) is 4.55. The molecule has 3 rings (SSSR count). The third kappa shape index (κ3) is 5.00. The standard InChI is InChI=1S/C20H25NO5/c1-14(20(23)21-16-5-2-3-6-16)26-19(22)10-8-15-7-9-17-18(13-15)25-12-4-11-24-17/h7-10,13-14,16H,2-6,11-12H2,1H3,(H,21,23)/b10-8+/t14-/m1/s1. The molecular weight excluding hydrogens is 334 g/mol. The van der Waals surface area contributed by atoms with Gasteiger partial charge in [-0.05, 0) is 43.5 Å². The van der Waals surface area contributed by atoms with E-state index in [2.05, 4.69) is 5.32 Å². The van der Waals surface area contributed by atoms with E-state index in [0.29, 0.717) is 24.7 Å². The molecule has 1 heterocycles. The minimum Gasteiger partial charge on any atom is -0.490 e. The van der Waals surface area contributed by atoms with Crippen molar-refractivity contribution in [1.29, 1.82) is 0 Å². The molecule has 1 saturated carbocycles. The number of ether oxygens (including phenoxy) is 3. The summed E-state index contributed by atoms with van der Waals surface area (Å²) >= 11 is 0. The van der Waals surface area contributed by atoms with Crippen molar-refractivity contribution < 1.29 is 23.8 Å². The lowest BCUT2D eigenvalue weighted by molar-refractivity contribution is -0.150. The van der Waals surface area contributed by atoms with E-state index in [1.165, 1.54) is 6.08 Å². The van der Waals surface area contributed by atoms with E-state index in [1.807, 2.05) is 18.2 Å². The van der Waals surface area contributed by atoms with Crippen LogP contribution in [0.15, 0.2) is 24.3 Å². The van der Waals surface area contributed by atoms with Gasteiger partial charge in [0, 0.05) is 18.5 Å². The van der Waals surface area contributed by atoms with Gasteiger partial charge in [-0.2, -0.15) is 0 Å². The van der Waals surface area contributed by atoms with Crippen molar-refractivity contribution in [2.24, 2.45) is 0 Å². The summed E-state index contributed by atoms with van der Waals surface area (Å²) in [5.74, 6) is 0.585. The van der Waals surface area contributed by atoms with Crippen LogP contribution in [0, 0.1) is 0 Å². The van der Waals surface area contributed by atoms with E-state index in [1.54, 1.807) is 13.0 Å². The zero-order valence-corrected chi connectivity index (χ0v) is 15.0. The molecular formula is C20H25NO5. The van der Waals surface area contributed by atoms with Gasteiger partial charge in [0.1, 0.15) is 0 Å². The molecule has 1 fully saturated rings. The van der Waals surface area contributed by atoms with Crippen molar-refractivity contribution in [2.75, 3.05) is 13.2 Å². The van der Waals surface area contributed by atoms with Crippen molar-refractivity contribution in [3.63, 3.8) is 0 Å². The zero-order chi connectivity index (χ0) is 18.4. The first kappa shape index (κ1) is 18.3. The first-order valence-electron chi connectivity index (χ1n) is 9.20. The van der Waals surface area contributed by atoms with Crippen molar-refractivity contribution >= 4 is 18.0 Å². The molecule has 1 aromatic carbocycles. The highest BCUT2D eigenvalue weighted by Crippen LogP contribution is 2.30. The third-order valence-electron chi connectivity index (χ3n) is 4.55. The van der Waals surface area contributed by atoms with Gasteiger partial charge in [0.05, 0.1) is 13.2 Å². The number of amides is 1. The molecule has 0 aromatic heterocycles. The van der Waals surface area contributed by atoms with Crippen LogP contribution < -0.4 is 14.8 Å². The fourth-order valence-corrected chi connectivity index (χ4v) is 3.10. The van der Waals surface area contributed by atoms with Crippen LogP contribution in [-0.2, 0) is 14.3 Å². The maximum Gasteiger partial charge on any atom is 0.331 e. The minimum absolute atomic E-state index is 0.209. The van der Waals surface area contributed by atoms with Crippen LogP contribution in [0.2, 0.25) is 0 Å². The highest BCUT2D eigenvalue weighted by atomic mass is 16.5. The second-order valence-corrected chi connectivity index (χ2v) is 6.66. The average Bonchev–Trinajstić information content (AvgIpc) is 3.02. The first-order chi connectivity index (χ1) is 12.6. The monoisotopic (exact) mass is 359 g/mol. The van der Waals surface area contributed by atoms with E-state index in [-0.39, 0.29) is 11.9 Å². The lowest BCUT2D eigenvalue weighted by Gasteiger charge is -2.16. The molecule has 0 saturated heterocycles. The van der Waals surface area contributed by atoms with Crippen LogP contribution >= 0.6 is 0 Å². The zero-order valence-electron chi connectivity index (χ0n) is 15.0. The quantitative estimate of drug-likeness (QED) is 0.646. The van der Waals surface area contributed by atoms with Crippen molar-refractivity contribution in [1.82, 2.24) is 5.32 Å². The first-order valence-corrected chi connectivity index (χ1v) is 9.20. The normalized spacial score (nSPS) is 18.3. The molecule has 6 heteroatoms. The second kappa shape index (κ2) is 8.74. The predicted molar refractivity (Wildman–Crippen MR) is 97.0 cm³/mol. The second-order valence-electron chi connectivity index (χ2n) is 6.66. The topological polar surface area (TPSA) is 73.9 Å². The number of fused-ring (bicyclic) bond motifs is 1. The average molecular weight is 359 g/mol. The van der Waals surface area contributed by atoms with Gasteiger partial charge in [0.15, 0.2) is 17.6 Å². The molecule has 1 N–H and O–H groups in total.